The highest BCUT2D eigenvalue weighted by molar-refractivity contribution is 5.91. The van der Waals surface area contributed by atoms with E-state index in [-0.39, 0.29) is 0 Å². The first-order valence-corrected chi connectivity index (χ1v) is 3.39. The van der Waals surface area contributed by atoms with E-state index < -0.39 is 24.0 Å². The van der Waals surface area contributed by atoms with Gasteiger partial charge in [-0.05, 0) is 13.5 Å². The van der Waals surface area contributed by atoms with Crippen LogP contribution in [-0.2, 0) is 19.1 Å². The van der Waals surface area contributed by atoms with Gasteiger partial charge in [-0.2, -0.15) is 0 Å². The summed E-state index contributed by atoms with van der Waals surface area (Å²) in [5.74, 6) is -2.30. The second kappa shape index (κ2) is 5.10. The van der Waals surface area contributed by atoms with E-state index in [0.29, 0.717) is 0 Å². The van der Waals surface area contributed by atoms with Gasteiger partial charge in [0.25, 0.3) is 0 Å². The molecule has 0 aromatic carbocycles. The molecule has 0 rings (SSSR count). The third-order valence-electron chi connectivity index (χ3n) is 0.896. The molecule has 0 aromatic heterocycles. The molecule has 0 radical (unpaired) electrons. The highest BCUT2D eigenvalue weighted by atomic mass is 16.7. The van der Waals surface area contributed by atoms with Crippen molar-refractivity contribution in [2.24, 2.45) is 0 Å². The lowest BCUT2D eigenvalue weighted by Gasteiger charge is -2.07. The second-order valence-corrected chi connectivity index (χ2v) is 2.05. The predicted molar refractivity (Wildman–Crippen MR) is 43.2 cm³/mol. The molecule has 0 saturated heterocycles. The minimum Gasteiger partial charge on any atom is -0.430 e. The molecule has 0 amide bonds. The lowest BCUT2D eigenvalue weighted by molar-refractivity contribution is -0.166. The van der Waals surface area contributed by atoms with E-state index in [2.05, 4.69) is 22.6 Å². The van der Waals surface area contributed by atoms with Crippen LogP contribution < -0.4 is 0 Å². The molecule has 1 unspecified atom stereocenters. The summed E-state index contributed by atoms with van der Waals surface area (Å²) in [5, 5.41) is 8.62. The van der Waals surface area contributed by atoms with Crippen LogP contribution in [0.15, 0.2) is 25.0 Å². The van der Waals surface area contributed by atoms with Gasteiger partial charge in [0, 0.05) is 6.08 Å². The number of hydrogen-bond acceptors (Lipinski definition) is 5. The van der Waals surface area contributed by atoms with Crippen molar-refractivity contribution in [2.75, 3.05) is 0 Å². The van der Waals surface area contributed by atoms with E-state index in [1.54, 1.807) is 0 Å². The molecule has 0 aromatic rings. The van der Waals surface area contributed by atoms with Crippen LogP contribution in [0.4, 0.5) is 0 Å². The molecular weight excluding hydrogens is 176 g/mol. The van der Waals surface area contributed by atoms with Crippen molar-refractivity contribution in [1.29, 1.82) is 0 Å². The Balaban J connectivity index is 4.04. The van der Waals surface area contributed by atoms with Crippen molar-refractivity contribution in [3.8, 4) is 0 Å². The molecule has 5 heteroatoms. The van der Waals surface area contributed by atoms with Crippen LogP contribution in [0.1, 0.15) is 6.92 Å². The van der Waals surface area contributed by atoms with E-state index >= 15 is 0 Å². The van der Waals surface area contributed by atoms with Gasteiger partial charge in [-0.1, -0.05) is 6.58 Å². The summed E-state index contributed by atoms with van der Waals surface area (Å²) in [7, 11) is 0. The van der Waals surface area contributed by atoms with Crippen molar-refractivity contribution in [2.45, 2.75) is 13.2 Å². The molecule has 0 aliphatic heterocycles. The van der Waals surface area contributed by atoms with Crippen LogP contribution in [0.2, 0.25) is 0 Å². The van der Waals surface area contributed by atoms with Crippen molar-refractivity contribution < 1.29 is 24.2 Å². The molecule has 0 bridgehead atoms. The molecule has 0 aliphatic rings. The maximum Gasteiger partial charge on any atom is 0.376 e. The van der Waals surface area contributed by atoms with E-state index in [1.165, 1.54) is 6.92 Å². The quantitative estimate of drug-likeness (QED) is 0.292. The van der Waals surface area contributed by atoms with E-state index in [1.807, 2.05) is 0 Å². The van der Waals surface area contributed by atoms with E-state index in [4.69, 9.17) is 5.11 Å². The molecule has 72 valence electrons. The molecule has 13 heavy (non-hydrogen) atoms. The van der Waals surface area contributed by atoms with E-state index in [9.17, 15) is 9.59 Å². The summed E-state index contributed by atoms with van der Waals surface area (Å²) in [6.45, 7) is 7.47. The van der Waals surface area contributed by atoms with Gasteiger partial charge in [-0.3, -0.25) is 0 Å². The third-order valence-corrected chi connectivity index (χ3v) is 0.896. The number of ether oxygens (including phenoxy) is 2. The third kappa shape index (κ3) is 4.76. The van der Waals surface area contributed by atoms with Gasteiger partial charge in [0.1, 0.15) is 0 Å². The first-order chi connectivity index (χ1) is 5.97. The van der Waals surface area contributed by atoms with Crippen molar-refractivity contribution >= 4 is 11.9 Å². The minimum atomic E-state index is -1.27. The van der Waals surface area contributed by atoms with Gasteiger partial charge in [0.2, 0.25) is 5.76 Å². The van der Waals surface area contributed by atoms with Crippen molar-refractivity contribution in [3.05, 3.63) is 25.0 Å². The van der Waals surface area contributed by atoms with Gasteiger partial charge >= 0.3 is 11.9 Å². The van der Waals surface area contributed by atoms with Crippen LogP contribution in [-0.4, -0.2) is 23.3 Å². The molecule has 0 saturated carbocycles. The molecule has 0 spiro atoms. The van der Waals surface area contributed by atoms with Crippen LogP contribution in [0.25, 0.3) is 0 Å². The average molecular weight is 186 g/mol. The predicted octanol–water partition coefficient (Wildman–Crippen LogP) is 0.111. The average Bonchev–Trinajstić information content (AvgIpc) is 2.02. The number of carbonyl (C=O) groups is 2. The molecule has 0 aliphatic carbocycles. The standard InChI is InChI=1S/C8H10O5/c1-4-7(10)12-5(2)8(11)13-6(3)9/h4,6,9H,1-2H2,3H3. The van der Waals surface area contributed by atoms with Crippen LogP contribution in [0.3, 0.4) is 0 Å². The number of esters is 2. The zero-order chi connectivity index (χ0) is 10.4. The highest BCUT2D eigenvalue weighted by Crippen LogP contribution is 2.00. The monoisotopic (exact) mass is 186 g/mol. The SMILES string of the molecule is C=CC(=O)OC(=C)C(=O)OC(C)O. The molecular formula is C8H10O5. The van der Waals surface area contributed by atoms with Gasteiger partial charge in [-0.15, -0.1) is 0 Å². The Bertz CT molecular complexity index is 241. The summed E-state index contributed by atoms with van der Waals surface area (Å²) in [5.41, 5.74) is 0. The Labute approximate surface area is 75.3 Å². The van der Waals surface area contributed by atoms with Crippen molar-refractivity contribution in [1.82, 2.24) is 0 Å². The number of aliphatic hydroxyl groups excluding tert-OH is 1. The Morgan fingerprint density at radius 1 is 1.54 bits per heavy atom. The fourth-order valence-corrected chi connectivity index (χ4v) is 0.425. The maximum absolute atomic E-state index is 10.8. The zero-order valence-corrected chi connectivity index (χ0v) is 7.15. The summed E-state index contributed by atoms with van der Waals surface area (Å²) in [4.78, 5) is 21.4. The summed E-state index contributed by atoms with van der Waals surface area (Å²) in [6, 6.07) is 0. The Morgan fingerprint density at radius 3 is 2.46 bits per heavy atom. The van der Waals surface area contributed by atoms with Crippen LogP contribution in [0, 0.1) is 0 Å². The Kier molecular flexibility index (Phi) is 4.47. The maximum atomic E-state index is 10.8. The van der Waals surface area contributed by atoms with Crippen LogP contribution >= 0.6 is 0 Å². The van der Waals surface area contributed by atoms with Gasteiger partial charge in [0.05, 0.1) is 0 Å². The van der Waals surface area contributed by atoms with Gasteiger partial charge < -0.3 is 14.6 Å². The van der Waals surface area contributed by atoms with Crippen LogP contribution in [0.5, 0.6) is 0 Å². The normalized spacial score (nSPS) is 11.2. The lowest BCUT2D eigenvalue weighted by atomic mass is 10.5. The number of carbonyl (C=O) groups excluding carboxylic acids is 2. The fourth-order valence-electron chi connectivity index (χ4n) is 0.425. The first-order valence-electron chi connectivity index (χ1n) is 3.39. The number of rotatable bonds is 4. The number of hydrogen-bond donors (Lipinski definition) is 1. The summed E-state index contributed by atoms with van der Waals surface area (Å²) < 4.78 is 8.59. The molecule has 0 fully saturated rings. The highest BCUT2D eigenvalue weighted by Gasteiger charge is 2.14. The first kappa shape index (κ1) is 11.4. The smallest absolute Gasteiger partial charge is 0.376 e. The zero-order valence-electron chi connectivity index (χ0n) is 7.15. The number of aliphatic hydroxyl groups is 1. The van der Waals surface area contributed by atoms with E-state index in [0.717, 1.165) is 6.08 Å². The topological polar surface area (TPSA) is 72.8 Å². The van der Waals surface area contributed by atoms with Gasteiger partial charge in [-0.25, -0.2) is 9.59 Å². The van der Waals surface area contributed by atoms with Crippen molar-refractivity contribution in [3.63, 3.8) is 0 Å². The molecule has 1 atom stereocenters. The lowest BCUT2D eigenvalue weighted by Crippen LogP contribution is -2.18. The second-order valence-electron chi connectivity index (χ2n) is 2.05. The fraction of sp³-hybridized carbons (Fsp3) is 0.250. The largest absolute Gasteiger partial charge is 0.430 e. The summed E-state index contributed by atoms with van der Waals surface area (Å²) >= 11 is 0. The molecule has 5 nitrogen and oxygen atoms in total. The Hall–Kier alpha value is -1.62. The minimum absolute atomic E-state index is 0.495. The van der Waals surface area contributed by atoms with Gasteiger partial charge in [0.15, 0.2) is 6.29 Å². The Morgan fingerprint density at radius 2 is 2.08 bits per heavy atom. The molecule has 1 N–H and O–H groups in total. The summed E-state index contributed by atoms with van der Waals surface area (Å²) in [6.07, 6.45) is -0.396. The molecule has 0 heterocycles.